The van der Waals surface area contributed by atoms with E-state index >= 15 is 0 Å². The molecule has 0 spiro atoms. The van der Waals surface area contributed by atoms with Crippen LogP contribution in [0.15, 0.2) is 28.7 Å². The maximum Gasteiger partial charge on any atom is 0.120 e. The molecule has 0 aliphatic carbocycles. The number of nitrogens with one attached hydrogen (secondary N) is 1. The predicted octanol–water partition coefficient (Wildman–Crippen LogP) is 2.44. The monoisotopic (exact) mass is 243 g/mol. The maximum absolute atomic E-state index is 5.52. The Morgan fingerprint density at radius 1 is 1.46 bits per heavy atom. The lowest BCUT2D eigenvalue weighted by Gasteiger charge is -2.05. The molecular weight excluding hydrogens is 230 g/mol. The molecule has 2 nitrogen and oxygen atoms in total. The topological polar surface area (TPSA) is 21.3 Å². The number of halogens is 1. The van der Waals surface area contributed by atoms with E-state index in [1.165, 1.54) is 0 Å². The Kier molecular flexibility index (Phi) is 4.86. The van der Waals surface area contributed by atoms with Crippen LogP contribution in [0.2, 0.25) is 0 Å². The van der Waals surface area contributed by atoms with Crippen molar-refractivity contribution in [1.29, 1.82) is 0 Å². The second-order valence-corrected chi connectivity index (χ2v) is 3.68. The Labute approximate surface area is 87.4 Å². The summed E-state index contributed by atoms with van der Waals surface area (Å²) in [7, 11) is 1.94. The molecule has 0 saturated carbocycles. The molecule has 0 aliphatic heterocycles. The van der Waals surface area contributed by atoms with Gasteiger partial charge in [-0.15, -0.1) is 0 Å². The number of ether oxygens (including phenoxy) is 1. The Bertz CT molecular complexity index is 252. The highest BCUT2D eigenvalue weighted by Crippen LogP contribution is 2.17. The van der Waals surface area contributed by atoms with E-state index in [1.54, 1.807) is 0 Å². The van der Waals surface area contributed by atoms with Gasteiger partial charge in [0, 0.05) is 4.47 Å². The highest BCUT2D eigenvalue weighted by atomic mass is 79.9. The van der Waals surface area contributed by atoms with Crippen LogP contribution in [-0.2, 0) is 0 Å². The third-order valence-electron chi connectivity index (χ3n) is 1.64. The number of benzene rings is 1. The first-order chi connectivity index (χ1) is 6.33. The van der Waals surface area contributed by atoms with Crippen LogP contribution < -0.4 is 10.1 Å². The first-order valence-electron chi connectivity index (χ1n) is 4.36. The maximum atomic E-state index is 5.52. The first-order valence-corrected chi connectivity index (χ1v) is 5.15. The molecule has 0 aromatic heterocycles. The van der Waals surface area contributed by atoms with Gasteiger partial charge in [-0.25, -0.2) is 0 Å². The number of rotatable bonds is 5. The van der Waals surface area contributed by atoms with Crippen LogP contribution in [0.3, 0.4) is 0 Å². The highest BCUT2D eigenvalue weighted by molar-refractivity contribution is 9.10. The molecule has 0 amide bonds. The minimum atomic E-state index is 0.761. The van der Waals surface area contributed by atoms with Crippen LogP contribution in [0.4, 0.5) is 0 Å². The largest absolute Gasteiger partial charge is 0.494 e. The summed E-state index contributed by atoms with van der Waals surface area (Å²) in [5, 5.41) is 3.08. The van der Waals surface area contributed by atoms with Crippen LogP contribution >= 0.6 is 15.9 Å². The lowest BCUT2D eigenvalue weighted by Crippen LogP contribution is -2.11. The molecule has 1 N–H and O–H groups in total. The van der Waals surface area contributed by atoms with Crippen LogP contribution in [0.25, 0.3) is 0 Å². The van der Waals surface area contributed by atoms with Gasteiger partial charge < -0.3 is 10.1 Å². The molecule has 0 unspecified atom stereocenters. The fourth-order valence-electron chi connectivity index (χ4n) is 0.996. The summed E-state index contributed by atoms with van der Waals surface area (Å²) in [4.78, 5) is 0. The minimum absolute atomic E-state index is 0.761. The van der Waals surface area contributed by atoms with E-state index in [1.807, 2.05) is 31.3 Å². The van der Waals surface area contributed by atoms with E-state index in [-0.39, 0.29) is 0 Å². The minimum Gasteiger partial charge on any atom is -0.494 e. The van der Waals surface area contributed by atoms with Gasteiger partial charge in [-0.3, -0.25) is 0 Å². The lowest BCUT2D eigenvalue weighted by atomic mass is 10.3. The fourth-order valence-corrected chi connectivity index (χ4v) is 1.37. The van der Waals surface area contributed by atoms with Gasteiger partial charge in [0.25, 0.3) is 0 Å². The van der Waals surface area contributed by atoms with Crippen molar-refractivity contribution in [2.75, 3.05) is 20.2 Å². The van der Waals surface area contributed by atoms with Crippen molar-refractivity contribution < 1.29 is 4.74 Å². The van der Waals surface area contributed by atoms with E-state index < -0.39 is 0 Å². The summed E-state index contributed by atoms with van der Waals surface area (Å²) in [6, 6.07) is 7.89. The molecule has 72 valence electrons. The third-order valence-corrected chi connectivity index (χ3v) is 2.13. The Hall–Kier alpha value is -0.540. The Morgan fingerprint density at radius 3 is 3.00 bits per heavy atom. The van der Waals surface area contributed by atoms with Crippen molar-refractivity contribution in [3.8, 4) is 5.75 Å². The van der Waals surface area contributed by atoms with Gasteiger partial charge in [0.05, 0.1) is 6.61 Å². The zero-order valence-electron chi connectivity index (χ0n) is 7.72. The summed E-state index contributed by atoms with van der Waals surface area (Å²) in [6.45, 7) is 1.76. The molecule has 0 bridgehead atoms. The zero-order chi connectivity index (χ0) is 9.52. The van der Waals surface area contributed by atoms with Gasteiger partial charge >= 0.3 is 0 Å². The molecule has 0 atom stereocenters. The summed E-state index contributed by atoms with van der Waals surface area (Å²) >= 11 is 3.39. The zero-order valence-corrected chi connectivity index (χ0v) is 9.30. The SMILES string of the molecule is CNCCCOc1cccc(Br)c1. The second kappa shape index (κ2) is 6.00. The van der Waals surface area contributed by atoms with E-state index in [4.69, 9.17) is 4.74 Å². The van der Waals surface area contributed by atoms with Crippen molar-refractivity contribution in [2.24, 2.45) is 0 Å². The quantitative estimate of drug-likeness (QED) is 0.803. The molecule has 0 saturated heterocycles. The summed E-state index contributed by atoms with van der Waals surface area (Å²) in [5.74, 6) is 0.922. The van der Waals surface area contributed by atoms with Crippen molar-refractivity contribution in [2.45, 2.75) is 6.42 Å². The Balaban J connectivity index is 2.28. The molecule has 13 heavy (non-hydrogen) atoms. The average molecular weight is 244 g/mol. The van der Waals surface area contributed by atoms with Crippen molar-refractivity contribution >= 4 is 15.9 Å². The highest BCUT2D eigenvalue weighted by Gasteiger charge is 1.93. The first kappa shape index (κ1) is 10.5. The van der Waals surface area contributed by atoms with Gasteiger partial charge in [-0.2, -0.15) is 0 Å². The lowest BCUT2D eigenvalue weighted by molar-refractivity contribution is 0.309. The summed E-state index contributed by atoms with van der Waals surface area (Å²) in [5.41, 5.74) is 0. The molecule has 0 radical (unpaired) electrons. The Morgan fingerprint density at radius 2 is 2.31 bits per heavy atom. The van der Waals surface area contributed by atoms with E-state index in [2.05, 4.69) is 21.2 Å². The van der Waals surface area contributed by atoms with Crippen molar-refractivity contribution in [3.63, 3.8) is 0 Å². The number of hydrogen-bond donors (Lipinski definition) is 1. The second-order valence-electron chi connectivity index (χ2n) is 2.76. The van der Waals surface area contributed by atoms with Gasteiger partial charge in [-0.1, -0.05) is 22.0 Å². The van der Waals surface area contributed by atoms with Gasteiger partial charge in [0.2, 0.25) is 0 Å². The standard InChI is InChI=1S/C10H14BrNO/c1-12-6-3-7-13-10-5-2-4-9(11)8-10/h2,4-5,8,12H,3,6-7H2,1H3. The van der Waals surface area contributed by atoms with Crippen LogP contribution in [0.5, 0.6) is 5.75 Å². The number of hydrogen-bond acceptors (Lipinski definition) is 2. The molecular formula is C10H14BrNO. The van der Waals surface area contributed by atoms with E-state index in [9.17, 15) is 0 Å². The van der Waals surface area contributed by atoms with E-state index in [0.717, 1.165) is 29.8 Å². The van der Waals surface area contributed by atoms with Crippen LogP contribution in [0.1, 0.15) is 6.42 Å². The molecule has 3 heteroatoms. The van der Waals surface area contributed by atoms with Gasteiger partial charge in [0.15, 0.2) is 0 Å². The van der Waals surface area contributed by atoms with Gasteiger partial charge in [-0.05, 0) is 38.2 Å². The molecule has 1 aromatic rings. The van der Waals surface area contributed by atoms with Crippen LogP contribution in [0, 0.1) is 0 Å². The van der Waals surface area contributed by atoms with Crippen molar-refractivity contribution in [3.05, 3.63) is 28.7 Å². The van der Waals surface area contributed by atoms with Crippen LogP contribution in [-0.4, -0.2) is 20.2 Å². The normalized spacial score (nSPS) is 10.0. The molecule has 0 fully saturated rings. The summed E-state index contributed by atoms with van der Waals surface area (Å²) in [6.07, 6.45) is 1.03. The average Bonchev–Trinajstić information content (AvgIpc) is 2.13. The van der Waals surface area contributed by atoms with Gasteiger partial charge in [0.1, 0.15) is 5.75 Å². The fraction of sp³-hybridized carbons (Fsp3) is 0.400. The molecule has 1 rings (SSSR count). The molecule has 0 aliphatic rings. The predicted molar refractivity (Wildman–Crippen MR) is 58.2 cm³/mol. The third kappa shape index (κ3) is 4.29. The van der Waals surface area contributed by atoms with Crippen molar-refractivity contribution in [1.82, 2.24) is 5.32 Å². The molecule has 0 heterocycles. The smallest absolute Gasteiger partial charge is 0.120 e. The van der Waals surface area contributed by atoms with E-state index in [0.29, 0.717) is 0 Å². The summed E-state index contributed by atoms with van der Waals surface area (Å²) < 4.78 is 6.57. The molecule has 1 aromatic carbocycles.